The summed E-state index contributed by atoms with van der Waals surface area (Å²) in [5, 5.41) is 0. The highest BCUT2D eigenvalue weighted by atomic mass is 19.1. The number of fused-ring (bicyclic) bond motifs is 4. The molecule has 4 aromatic rings. The third-order valence-corrected chi connectivity index (χ3v) is 6.95. The van der Waals surface area contributed by atoms with Crippen LogP contribution in [0.5, 0.6) is 5.75 Å². The van der Waals surface area contributed by atoms with E-state index in [9.17, 15) is 18.4 Å². The first-order valence-corrected chi connectivity index (χ1v) is 11.4. The van der Waals surface area contributed by atoms with E-state index in [1.807, 2.05) is 4.40 Å². The number of carbonyl (C=O) groups is 1. The average Bonchev–Trinajstić information content (AvgIpc) is 3.53. The molecule has 1 saturated heterocycles. The molecule has 0 aliphatic carbocycles. The second-order valence-corrected chi connectivity index (χ2v) is 8.89. The van der Waals surface area contributed by atoms with E-state index in [0.29, 0.717) is 35.5 Å². The first kappa shape index (κ1) is 21.7. The summed E-state index contributed by atoms with van der Waals surface area (Å²) in [6, 6.07) is 5.38. The summed E-state index contributed by atoms with van der Waals surface area (Å²) in [7, 11) is 1.45. The van der Waals surface area contributed by atoms with E-state index in [1.165, 1.54) is 12.0 Å². The molecule has 35 heavy (non-hydrogen) atoms. The Morgan fingerprint density at radius 2 is 1.80 bits per heavy atom. The van der Waals surface area contributed by atoms with Gasteiger partial charge in [-0.2, -0.15) is 0 Å². The lowest BCUT2D eigenvalue weighted by Crippen LogP contribution is -2.26. The fourth-order valence-electron chi connectivity index (χ4n) is 5.13. The van der Waals surface area contributed by atoms with E-state index in [2.05, 4.69) is 9.97 Å². The number of imidazole rings is 1. The molecule has 1 amide bonds. The maximum atomic E-state index is 14.2. The maximum Gasteiger partial charge on any atom is 0.274 e. The van der Waals surface area contributed by atoms with Gasteiger partial charge in [0.1, 0.15) is 28.7 Å². The minimum absolute atomic E-state index is 0.0517. The van der Waals surface area contributed by atoms with Crippen molar-refractivity contribution in [3.63, 3.8) is 0 Å². The zero-order chi connectivity index (χ0) is 24.3. The fourth-order valence-corrected chi connectivity index (χ4v) is 5.13. The zero-order valence-electron chi connectivity index (χ0n) is 18.9. The minimum atomic E-state index is -0.547. The molecule has 180 valence electrons. The number of rotatable bonds is 3. The number of aromatic nitrogens is 3. The van der Waals surface area contributed by atoms with Crippen molar-refractivity contribution in [3.05, 3.63) is 75.0 Å². The van der Waals surface area contributed by atoms with E-state index in [4.69, 9.17) is 9.47 Å². The van der Waals surface area contributed by atoms with E-state index >= 15 is 0 Å². The van der Waals surface area contributed by atoms with Crippen molar-refractivity contribution >= 4 is 22.5 Å². The van der Waals surface area contributed by atoms with Crippen molar-refractivity contribution in [1.82, 2.24) is 19.3 Å². The van der Waals surface area contributed by atoms with Crippen LogP contribution in [0.15, 0.2) is 35.3 Å². The van der Waals surface area contributed by atoms with Gasteiger partial charge in [0, 0.05) is 49.4 Å². The third kappa shape index (κ3) is 3.39. The topological polar surface area (TPSA) is 88.9 Å². The lowest BCUT2D eigenvalue weighted by molar-refractivity contribution is 0.0746. The van der Waals surface area contributed by atoms with Crippen LogP contribution < -0.4 is 10.3 Å². The molecule has 0 bridgehead atoms. The first-order chi connectivity index (χ1) is 17.0. The number of halogens is 2. The number of carbonyl (C=O) groups excluding carboxylic acids is 1. The van der Waals surface area contributed by atoms with Crippen molar-refractivity contribution in [2.24, 2.45) is 0 Å². The second-order valence-electron chi connectivity index (χ2n) is 8.89. The molecule has 0 spiro atoms. The van der Waals surface area contributed by atoms with Gasteiger partial charge in [0.15, 0.2) is 0 Å². The maximum absolute atomic E-state index is 14.2. The van der Waals surface area contributed by atoms with Gasteiger partial charge in [-0.05, 0) is 31.0 Å². The molecule has 1 fully saturated rings. The summed E-state index contributed by atoms with van der Waals surface area (Å²) in [4.78, 5) is 35.0. The summed E-state index contributed by atoms with van der Waals surface area (Å²) < 4.78 is 41.3. The highest BCUT2D eigenvalue weighted by molar-refractivity contribution is 6.01. The number of benzene rings is 2. The van der Waals surface area contributed by atoms with E-state index in [1.54, 1.807) is 18.3 Å². The van der Waals surface area contributed by atoms with E-state index in [0.717, 1.165) is 30.8 Å². The lowest BCUT2D eigenvalue weighted by Gasteiger charge is -2.22. The number of nitrogens with one attached hydrogen (secondary N) is 1. The van der Waals surface area contributed by atoms with Crippen LogP contribution in [-0.2, 0) is 17.8 Å². The first-order valence-electron chi connectivity index (χ1n) is 11.4. The quantitative estimate of drug-likeness (QED) is 0.485. The number of methoxy groups -OCH3 is 1. The Morgan fingerprint density at radius 1 is 1.11 bits per heavy atom. The molecule has 0 atom stereocenters. The molecule has 2 aliphatic rings. The Bertz CT molecular complexity index is 1520. The predicted octanol–water partition coefficient (Wildman–Crippen LogP) is 3.51. The van der Waals surface area contributed by atoms with Crippen LogP contribution >= 0.6 is 0 Å². The van der Waals surface area contributed by atoms with Crippen molar-refractivity contribution in [1.29, 1.82) is 0 Å². The van der Waals surface area contributed by atoms with Crippen molar-refractivity contribution < 1.29 is 23.0 Å². The smallest absolute Gasteiger partial charge is 0.274 e. The number of aromatic amines is 1. The van der Waals surface area contributed by atoms with Crippen LogP contribution in [0, 0.1) is 11.6 Å². The standard InChI is InChI=1S/C25H22F2N4O4/c1-34-22-9-20-19(29-24(32)21-10-28-23(31(20)21)13-4-6-35-7-5-13)8-14(22)25(33)30-11-15-16(12-30)18(27)3-2-17(15)26/h2-3,8-10,13H,4-7,11-12H2,1H3,(H,29,32). The Kier molecular flexibility index (Phi) is 5.06. The van der Waals surface area contributed by atoms with Crippen LogP contribution in [0.2, 0.25) is 0 Å². The van der Waals surface area contributed by atoms with Gasteiger partial charge in [-0.25, -0.2) is 13.8 Å². The van der Waals surface area contributed by atoms with Crippen molar-refractivity contribution in [3.8, 4) is 5.75 Å². The highest BCUT2D eigenvalue weighted by Crippen LogP contribution is 2.33. The second kappa shape index (κ2) is 8.16. The van der Waals surface area contributed by atoms with E-state index in [-0.39, 0.29) is 41.3 Å². The van der Waals surface area contributed by atoms with E-state index < -0.39 is 17.5 Å². The van der Waals surface area contributed by atoms with Gasteiger partial charge in [0.05, 0.1) is 29.9 Å². The average molecular weight is 480 g/mol. The summed E-state index contributed by atoms with van der Waals surface area (Å²) in [6.45, 7) is 1.15. The van der Waals surface area contributed by atoms with Crippen LogP contribution in [0.4, 0.5) is 8.78 Å². The predicted molar refractivity (Wildman–Crippen MR) is 123 cm³/mol. The molecular formula is C25H22F2N4O4. The summed E-state index contributed by atoms with van der Waals surface area (Å²) >= 11 is 0. The number of hydrogen-bond acceptors (Lipinski definition) is 5. The van der Waals surface area contributed by atoms with Crippen LogP contribution in [-0.4, -0.2) is 45.5 Å². The molecule has 0 unspecified atom stereocenters. The number of nitrogens with zero attached hydrogens (tertiary/aromatic N) is 3. The molecule has 8 nitrogen and oxygen atoms in total. The molecule has 2 aromatic carbocycles. The monoisotopic (exact) mass is 480 g/mol. The summed E-state index contributed by atoms with van der Waals surface area (Å²) in [6.07, 6.45) is 3.15. The molecule has 4 heterocycles. The molecule has 10 heteroatoms. The normalized spacial score (nSPS) is 16.3. The summed E-state index contributed by atoms with van der Waals surface area (Å²) in [5.41, 5.74) is 1.70. The molecule has 0 saturated carbocycles. The van der Waals surface area contributed by atoms with Gasteiger partial charge in [-0.15, -0.1) is 0 Å². The Morgan fingerprint density at radius 3 is 2.46 bits per heavy atom. The van der Waals surface area contributed by atoms with Gasteiger partial charge < -0.3 is 19.4 Å². The molecule has 1 N–H and O–H groups in total. The Labute approximate surface area is 198 Å². The molecule has 0 radical (unpaired) electrons. The number of amides is 1. The van der Waals surface area contributed by atoms with Gasteiger partial charge >= 0.3 is 0 Å². The molecular weight excluding hydrogens is 458 g/mol. The number of hydrogen-bond donors (Lipinski definition) is 1. The van der Waals surface area contributed by atoms with Crippen molar-refractivity contribution in [2.45, 2.75) is 31.8 Å². The Hall–Kier alpha value is -3.79. The third-order valence-electron chi connectivity index (χ3n) is 6.95. The molecule has 2 aromatic heterocycles. The SMILES string of the molecule is COc1cc2c(cc1C(=O)N1Cc3c(F)ccc(F)c3C1)[nH]c(=O)c1cnc(C3CCOCC3)n12. The van der Waals surface area contributed by atoms with Crippen LogP contribution in [0.25, 0.3) is 16.6 Å². The Balaban J connectivity index is 1.46. The number of ether oxygens (including phenoxy) is 2. The van der Waals surface area contributed by atoms with Gasteiger partial charge in [0.25, 0.3) is 11.5 Å². The zero-order valence-corrected chi connectivity index (χ0v) is 18.9. The minimum Gasteiger partial charge on any atom is -0.496 e. The van der Waals surface area contributed by atoms with Crippen LogP contribution in [0.3, 0.4) is 0 Å². The summed E-state index contributed by atoms with van der Waals surface area (Å²) in [5.74, 6) is -0.350. The van der Waals surface area contributed by atoms with Gasteiger partial charge in [-0.1, -0.05) is 0 Å². The molecule has 6 rings (SSSR count). The van der Waals surface area contributed by atoms with Gasteiger partial charge in [-0.3, -0.25) is 14.0 Å². The molecule has 2 aliphatic heterocycles. The van der Waals surface area contributed by atoms with Crippen molar-refractivity contribution in [2.75, 3.05) is 20.3 Å². The lowest BCUT2D eigenvalue weighted by atomic mass is 9.99. The largest absolute Gasteiger partial charge is 0.496 e. The van der Waals surface area contributed by atoms with Crippen LogP contribution in [0.1, 0.15) is 46.1 Å². The fraction of sp³-hybridized carbons (Fsp3) is 0.320. The number of H-pyrrole nitrogens is 1. The van der Waals surface area contributed by atoms with Gasteiger partial charge in [0.2, 0.25) is 0 Å². The highest BCUT2D eigenvalue weighted by Gasteiger charge is 2.31.